The predicted octanol–water partition coefficient (Wildman–Crippen LogP) is 5.71. The molecule has 3 aromatic carbocycles. The maximum absolute atomic E-state index is 13.2. The average molecular weight is 482 g/mol. The van der Waals surface area contributed by atoms with E-state index < -0.39 is 0 Å². The van der Waals surface area contributed by atoms with E-state index in [1.54, 1.807) is 17.4 Å². The zero-order valence-electron chi connectivity index (χ0n) is 19.3. The highest BCUT2D eigenvalue weighted by atomic mass is 35.5. The Labute approximate surface area is 209 Å². The lowest BCUT2D eigenvalue weighted by molar-refractivity contribution is 0.0785. The minimum atomic E-state index is -0.0555. The maximum atomic E-state index is 13.2. The van der Waals surface area contributed by atoms with Gasteiger partial charge in [0.25, 0.3) is 5.91 Å². The van der Waals surface area contributed by atoms with Gasteiger partial charge in [0, 0.05) is 59.6 Å². The molecule has 0 radical (unpaired) electrons. The first-order chi connectivity index (χ1) is 17.1. The Morgan fingerprint density at radius 2 is 1.69 bits per heavy atom. The van der Waals surface area contributed by atoms with E-state index in [1.165, 1.54) is 0 Å². The minimum absolute atomic E-state index is 0.0555. The topological polar surface area (TPSA) is 56.0 Å². The summed E-state index contributed by atoms with van der Waals surface area (Å²) in [5.41, 5.74) is 5.40. The van der Waals surface area contributed by atoms with Crippen molar-refractivity contribution in [2.24, 2.45) is 0 Å². The number of benzene rings is 3. The molecule has 0 bridgehead atoms. The fourth-order valence-electron chi connectivity index (χ4n) is 4.04. The molecule has 1 amide bonds. The third-order valence-electron chi connectivity index (χ3n) is 5.85. The molecule has 5 rings (SSSR count). The van der Waals surface area contributed by atoms with E-state index in [1.807, 2.05) is 108 Å². The molecule has 2 heterocycles. The molecule has 35 heavy (non-hydrogen) atoms. The van der Waals surface area contributed by atoms with Gasteiger partial charge in [-0.15, -0.1) is 0 Å². The number of carbonyl (C=O) groups excluding carboxylic acids is 1. The number of imidazole rings is 1. The smallest absolute Gasteiger partial charge is 0.253 e. The number of hydrogen-bond acceptors (Lipinski definition) is 3. The van der Waals surface area contributed by atoms with Crippen LogP contribution in [0.15, 0.2) is 104 Å². The predicted molar refractivity (Wildman–Crippen MR) is 138 cm³/mol. The molecule has 0 unspecified atom stereocenters. The third-order valence-corrected chi connectivity index (χ3v) is 6.21. The van der Waals surface area contributed by atoms with Crippen molar-refractivity contribution in [3.63, 3.8) is 0 Å². The van der Waals surface area contributed by atoms with Crippen molar-refractivity contribution < 1.29 is 4.79 Å². The highest BCUT2D eigenvalue weighted by Gasteiger charge is 2.18. The number of rotatable bonds is 7. The van der Waals surface area contributed by atoms with Gasteiger partial charge in [0.2, 0.25) is 0 Å². The molecule has 0 spiro atoms. The molecule has 0 saturated heterocycles. The number of nitrogens with zero attached hydrogens (tertiary/aromatic N) is 5. The SMILES string of the molecule is CN(Cc1cn(Cc2ccccc2Cl)nc1-c1ccccc1)C(=O)c1ccc(-n2ccnc2)cc1. The first kappa shape index (κ1) is 22.6. The zero-order chi connectivity index (χ0) is 24.2. The molecule has 0 aliphatic heterocycles. The van der Waals surface area contributed by atoms with E-state index in [4.69, 9.17) is 16.7 Å². The summed E-state index contributed by atoms with van der Waals surface area (Å²) in [5, 5.41) is 5.56. The second-order valence-corrected chi connectivity index (χ2v) is 8.74. The summed E-state index contributed by atoms with van der Waals surface area (Å²) in [6.07, 6.45) is 7.32. The van der Waals surface area contributed by atoms with E-state index in [0.29, 0.717) is 23.7 Å². The van der Waals surface area contributed by atoms with E-state index in [2.05, 4.69) is 4.98 Å². The van der Waals surface area contributed by atoms with Crippen LogP contribution in [0.4, 0.5) is 0 Å². The van der Waals surface area contributed by atoms with Gasteiger partial charge in [0.1, 0.15) is 0 Å². The highest BCUT2D eigenvalue weighted by molar-refractivity contribution is 6.31. The van der Waals surface area contributed by atoms with Crippen molar-refractivity contribution in [1.29, 1.82) is 0 Å². The van der Waals surface area contributed by atoms with E-state index in [-0.39, 0.29) is 5.91 Å². The Kier molecular flexibility index (Phi) is 6.46. The maximum Gasteiger partial charge on any atom is 0.253 e. The number of halogens is 1. The summed E-state index contributed by atoms with van der Waals surface area (Å²) < 4.78 is 3.79. The number of amides is 1. The summed E-state index contributed by atoms with van der Waals surface area (Å²) in [6, 6.07) is 25.3. The second kappa shape index (κ2) is 9.99. The van der Waals surface area contributed by atoms with Crippen molar-refractivity contribution >= 4 is 17.5 Å². The van der Waals surface area contributed by atoms with E-state index >= 15 is 0 Å². The largest absolute Gasteiger partial charge is 0.337 e. The highest BCUT2D eigenvalue weighted by Crippen LogP contribution is 2.25. The van der Waals surface area contributed by atoms with Crippen molar-refractivity contribution in [3.8, 4) is 16.9 Å². The molecule has 0 N–H and O–H groups in total. The van der Waals surface area contributed by atoms with Gasteiger partial charge in [-0.1, -0.05) is 60.1 Å². The molecule has 0 saturated carbocycles. The van der Waals surface area contributed by atoms with Crippen LogP contribution in [0.3, 0.4) is 0 Å². The van der Waals surface area contributed by atoms with Crippen LogP contribution in [0.5, 0.6) is 0 Å². The lowest BCUT2D eigenvalue weighted by Gasteiger charge is -2.17. The number of aromatic nitrogens is 4. The van der Waals surface area contributed by atoms with Crippen LogP contribution < -0.4 is 0 Å². The molecule has 0 aliphatic rings. The van der Waals surface area contributed by atoms with Crippen LogP contribution in [0.25, 0.3) is 16.9 Å². The Balaban J connectivity index is 1.39. The Morgan fingerprint density at radius 3 is 2.40 bits per heavy atom. The van der Waals surface area contributed by atoms with E-state index in [9.17, 15) is 4.79 Å². The minimum Gasteiger partial charge on any atom is -0.337 e. The lowest BCUT2D eigenvalue weighted by Crippen LogP contribution is -2.26. The van der Waals surface area contributed by atoms with Crippen LogP contribution >= 0.6 is 11.6 Å². The van der Waals surface area contributed by atoms with Gasteiger partial charge >= 0.3 is 0 Å². The Morgan fingerprint density at radius 1 is 0.943 bits per heavy atom. The summed E-state index contributed by atoms with van der Waals surface area (Å²) in [6.45, 7) is 0.974. The van der Waals surface area contributed by atoms with Crippen molar-refractivity contribution in [1.82, 2.24) is 24.2 Å². The Hall–Kier alpha value is -4.16. The van der Waals surface area contributed by atoms with Gasteiger partial charge < -0.3 is 9.47 Å². The number of hydrogen-bond donors (Lipinski definition) is 0. The molecule has 0 atom stereocenters. The quantitative estimate of drug-likeness (QED) is 0.299. The third kappa shape index (κ3) is 5.03. The molecule has 5 aromatic rings. The molecular weight excluding hydrogens is 458 g/mol. The molecule has 0 aliphatic carbocycles. The van der Waals surface area contributed by atoms with Crippen LogP contribution in [0.2, 0.25) is 5.02 Å². The van der Waals surface area contributed by atoms with Gasteiger partial charge in [-0.2, -0.15) is 5.10 Å². The normalized spacial score (nSPS) is 10.9. The van der Waals surface area contributed by atoms with Gasteiger partial charge in [0.05, 0.1) is 18.6 Å². The number of carbonyl (C=O) groups is 1. The van der Waals surface area contributed by atoms with Crippen LogP contribution in [0.1, 0.15) is 21.5 Å². The van der Waals surface area contributed by atoms with Gasteiger partial charge in [-0.05, 0) is 35.9 Å². The van der Waals surface area contributed by atoms with Gasteiger partial charge in [0.15, 0.2) is 0 Å². The fraction of sp³-hybridized carbons (Fsp3) is 0.107. The Bertz CT molecular complexity index is 1430. The monoisotopic (exact) mass is 481 g/mol. The summed E-state index contributed by atoms with van der Waals surface area (Å²) >= 11 is 6.38. The molecule has 174 valence electrons. The standard InChI is InChI=1S/C28H24ClN5O/c1-32(28(35)22-11-13-25(14-12-22)33-16-15-30-20-33)17-24-19-34(18-23-9-5-6-10-26(23)29)31-27(24)21-7-3-2-4-8-21/h2-16,19-20H,17-18H2,1H3. The van der Waals surface area contributed by atoms with Gasteiger partial charge in [-0.25, -0.2) is 4.98 Å². The van der Waals surface area contributed by atoms with Crippen LogP contribution in [0, 0.1) is 0 Å². The summed E-state index contributed by atoms with van der Waals surface area (Å²) in [7, 11) is 1.81. The average Bonchev–Trinajstić information content (AvgIpc) is 3.56. The first-order valence-corrected chi connectivity index (χ1v) is 11.7. The van der Waals surface area contributed by atoms with E-state index in [0.717, 1.165) is 28.1 Å². The lowest BCUT2D eigenvalue weighted by atomic mass is 10.1. The van der Waals surface area contributed by atoms with Crippen LogP contribution in [-0.2, 0) is 13.1 Å². The molecular formula is C28H24ClN5O. The second-order valence-electron chi connectivity index (χ2n) is 8.34. The van der Waals surface area contributed by atoms with Crippen LogP contribution in [-0.4, -0.2) is 37.2 Å². The summed E-state index contributed by atoms with van der Waals surface area (Å²) in [4.78, 5) is 19.0. The zero-order valence-corrected chi connectivity index (χ0v) is 20.0. The fourth-order valence-corrected chi connectivity index (χ4v) is 4.23. The molecule has 6 nitrogen and oxygen atoms in total. The van der Waals surface area contributed by atoms with Crippen molar-refractivity contribution in [2.45, 2.75) is 13.1 Å². The summed E-state index contributed by atoms with van der Waals surface area (Å²) in [5.74, 6) is -0.0555. The van der Waals surface area contributed by atoms with Gasteiger partial charge in [-0.3, -0.25) is 9.48 Å². The first-order valence-electron chi connectivity index (χ1n) is 11.3. The van der Waals surface area contributed by atoms with Crippen molar-refractivity contribution in [3.05, 3.63) is 125 Å². The molecule has 0 fully saturated rings. The molecule has 2 aromatic heterocycles. The van der Waals surface area contributed by atoms with Crippen molar-refractivity contribution in [2.75, 3.05) is 7.05 Å². The molecule has 7 heteroatoms.